The topological polar surface area (TPSA) is 69.6 Å². The van der Waals surface area contributed by atoms with Crippen LogP contribution in [0.1, 0.15) is 22.3 Å². The fourth-order valence-corrected chi connectivity index (χ4v) is 3.80. The highest BCUT2D eigenvalue weighted by Crippen LogP contribution is 2.11. The van der Waals surface area contributed by atoms with E-state index in [4.69, 9.17) is 0 Å². The summed E-state index contributed by atoms with van der Waals surface area (Å²) in [5, 5.41) is 18.7. The van der Waals surface area contributed by atoms with Gasteiger partial charge in [0.2, 0.25) is 0 Å². The van der Waals surface area contributed by atoms with Gasteiger partial charge >= 0.3 is 0 Å². The molecule has 0 amide bonds. The molecule has 0 N–H and O–H groups in total. The van der Waals surface area contributed by atoms with Crippen LogP contribution in [-0.4, -0.2) is 4.57 Å². The van der Waals surface area contributed by atoms with Gasteiger partial charge in [-0.25, -0.2) is 0 Å². The first-order chi connectivity index (χ1) is 12.9. The van der Waals surface area contributed by atoms with Gasteiger partial charge in [-0.2, -0.15) is 10.5 Å². The molecule has 0 aliphatic rings. The molecule has 0 saturated heterocycles. The van der Waals surface area contributed by atoms with Crippen LogP contribution in [-0.2, 0) is 0 Å². The smallest absolute Gasteiger partial charge is 0.267 e. The Bertz CT molecular complexity index is 1260. The fraction of sp³-hybridized carbons (Fsp3) is 0.136. The first kappa shape index (κ1) is 18.4. The van der Waals surface area contributed by atoms with Gasteiger partial charge in [-0.1, -0.05) is 41.5 Å². The molecule has 1 aromatic heterocycles. The predicted octanol–water partition coefficient (Wildman–Crippen LogP) is 2.85. The molecule has 0 saturated carbocycles. The molecule has 0 bridgehead atoms. The molecule has 132 valence electrons. The lowest BCUT2D eigenvalue weighted by molar-refractivity contribution is 0.986. The molecule has 1 heterocycles. The lowest BCUT2D eigenvalue weighted by Gasteiger charge is -2.02. The van der Waals surface area contributed by atoms with Crippen molar-refractivity contribution >= 4 is 23.0 Å². The van der Waals surface area contributed by atoms with Crippen LogP contribution in [0.4, 0.5) is 0 Å². The summed E-state index contributed by atoms with van der Waals surface area (Å²) in [6.45, 7) is 5.95. The van der Waals surface area contributed by atoms with E-state index in [0.29, 0.717) is 14.9 Å². The molecule has 0 aliphatic carbocycles. The van der Waals surface area contributed by atoms with Gasteiger partial charge in [0.25, 0.3) is 5.56 Å². The van der Waals surface area contributed by atoms with Crippen LogP contribution in [0.5, 0.6) is 0 Å². The maximum absolute atomic E-state index is 13.1. The third kappa shape index (κ3) is 3.60. The molecular formula is C22H17N3OS. The fourth-order valence-electron chi connectivity index (χ4n) is 2.76. The average Bonchev–Trinajstić information content (AvgIpc) is 2.96. The lowest BCUT2D eigenvalue weighted by Crippen LogP contribution is -2.30. The molecule has 0 atom stereocenters. The van der Waals surface area contributed by atoms with Crippen LogP contribution >= 0.6 is 11.3 Å². The zero-order chi connectivity index (χ0) is 19.6. The Labute approximate surface area is 161 Å². The molecular weight excluding hydrogens is 354 g/mol. The van der Waals surface area contributed by atoms with Gasteiger partial charge < -0.3 is 0 Å². The summed E-state index contributed by atoms with van der Waals surface area (Å²) in [4.78, 5) is 13.1. The SMILES string of the molecule is Cc1ccc(-n2c(=C(C#N)C#N)s/c(=C/c3cc(C)ccc3C)c2=O)cc1. The van der Waals surface area contributed by atoms with Crippen molar-refractivity contribution in [3.63, 3.8) is 0 Å². The Balaban J connectivity index is 2.41. The van der Waals surface area contributed by atoms with Crippen LogP contribution in [0.3, 0.4) is 0 Å². The van der Waals surface area contributed by atoms with Crippen molar-refractivity contribution in [1.29, 1.82) is 10.5 Å². The van der Waals surface area contributed by atoms with E-state index in [2.05, 4.69) is 0 Å². The Kier molecular flexibility index (Phi) is 5.07. The quantitative estimate of drug-likeness (QED) is 0.695. The van der Waals surface area contributed by atoms with Crippen LogP contribution in [0.2, 0.25) is 0 Å². The molecule has 4 nitrogen and oxygen atoms in total. The summed E-state index contributed by atoms with van der Waals surface area (Å²) in [6, 6.07) is 17.3. The van der Waals surface area contributed by atoms with Crippen molar-refractivity contribution in [1.82, 2.24) is 4.57 Å². The van der Waals surface area contributed by atoms with Crippen LogP contribution in [0, 0.1) is 43.4 Å². The van der Waals surface area contributed by atoms with Crippen molar-refractivity contribution in [3.8, 4) is 17.8 Å². The van der Waals surface area contributed by atoms with Crippen LogP contribution in [0.25, 0.3) is 17.3 Å². The highest BCUT2D eigenvalue weighted by molar-refractivity contribution is 7.07. The zero-order valence-corrected chi connectivity index (χ0v) is 16.1. The van der Waals surface area contributed by atoms with E-state index in [-0.39, 0.29) is 11.1 Å². The summed E-state index contributed by atoms with van der Waals surface area (Å²) in [7, 11) is 0. The number of nitriles is 2. The molecule has 3 aromatic rings. The van der Waals surface area contributed by atoms with E-state index < -0.39 is 0 Å². The minimum Gasteiger partial charge on any atom is -0.267 e. The number of aryl methyl sites for hydroxylation is 3. The number of benzene rings is 2. The van der Waals surface area contributed by atoms with Gasteiger partial charge in [0.15, 0.2) is 5.57 Å². The van der Waals surface area contributed by atoms with Crippen molar-refractivity contribution < 1.29 is 0 Å². The predicted molar refractivity (Wildman–Crippen MR) is 108 cm³/mol. The van der Waals surface area contributed by atoms with Gasteiger partial charge in [0, 0.05) is 0 Å². The van der Waals surface area contributed by atoms with Gasteiger partial charge in [0.1, 0.15) is 16.8 Å². The maximum atomic E-state index is 13.1. The van der Waals surface area contributed by atoms with Crippen molar-refractivity contribution in [2.24, 2.45) is 0 Å². The van der Waals surface area contributed by atoms with Crippen LogP contribution < -0.4 is 14.8 Å². The first-order valence-electron chi connectivity index (χ1n) is 8.37. The Morgan fingerprint density at radius 3 is 2.26 bits per heavy atom. The third-order valence-corrected chi connectivity index (χ3v) is 5.37. The molecule has 0 radical (unpaired) electrons. The summed E-state index contributed by atoms with van der Waals surface area (Å²) < 4.78 is 2.29. The zero-order valence-electron chi connectivity index (χ0n) is 15.3. The highest BCUT2D eigenvalue weighted by Gasteiger charge is 2.11. The molecule has 5 heteroatoms. The molecule has 0 aliphatic heterocycles. The molecule has 0 fully saturated rings. The standard InChI is InChI=1S/C22H17N3OS/c1-14-5-8-19(9-6-14)25-21(26)20(27-22(25)18(12-23)13-24)11-17-10-15(2)4-7-16(17)3/h4-11H,1-3H3/b20-11+. The third-order valence-electron chi connectivity index (χ3n) is 4.27. The number of hydrogen-bond donors (Lipinski definition) is 0. The van der Waals surface area contributed by atoms with E-state index in [9.17, 15) is 15.3 Å². The second-order valence-corrected chi connectivity index (χ2v) is 7.38. The average molecular weight is 371 g/mol. The summed E-state index contributed by atoms with van der Waals surface area (Å²) in [6.07, 6.45) is 1.83. The van der Waals surface area contributed by atoms with Crippen molar-refractivity contribution in [3.05, 3.63) is 84.3 Å². The Morgan fingerprint density at radius 1 is 1.00 bits per heavy atom. The number of rotatable bonds is 2. The normalized spacial score (nSPS) is 11.1. The molecule has 3 rings (SSSR count). The van der Waals surface area contributed by atoms with Gasteiger partial charge in [-0.15, -0.1) is 11.3 Å². The van der Waals surface area contributed by atoms with E-state index >= 15 is 0 Å². The molecule has 27 heavy (non-hydrogen) atoms. The summed E-state index contributed by atoms with van der Waals surface area (Å²) >= 11 is 1.16. The lowest BCUT2D eigenvalue weighted by atomic mass is 10.1. The highest BCUT2D eigenvalue weighted by atomic mass is 32.1. The van der Waals surface area contributed by atoms with Gasteiger partial charge in [-0.3, -0.25) is 9.36 Å². The first-order valence-corrected chi connectivity index (χ1v) is 9.18. The minimum atomic E-state index is -0.234. The number of thiazole rings is 1. The monoisotopic (exact) mass is 371 g/mol. The van der Waals surface area contributed by atoms with E-state index in [1.54, 1.807) is 0 Å². The van der Waals surface area contributed by atoms with E-state index in [0.717, 1.165) is 33.6 Å². The van der Waals surface area contributed by atoms with Gasteiger partial charge in [0.05, 0.1) is 10.2 Å². The molecule has 2 aromatic carbocycles. The summed E-state index contributed by atoms with van der Waals surface area (Å²) in [5.41, 5.74) is 4.51. The maximum Gasteiger partial charge on any atom is 0.273 e. The number of hydrogen-bond acceptors (Lipinski definition) is 4. The number of nitrogens with zero attached hydrogens (tertiary/aromatic N) is 3. The molecule has 0 unspecified atom stereocenters. The van der Waals surface area contributed by atoms with Crippen LogP contribution in [0.15, 0.2) is 47.3 Å². The number of aromatic nitrogens is 1. The van der Waals surface area contributed by atoms with E-state index in [1.807, 2.05) is 81.5 Å². The Morgan fingerprint density at radius 2 is 1.63 bits per heavy atom. The van der Waals surface area contributed by atoms with Crippen molar-refractivity contribution in [2.45, 2.75) is 20.8 Å². The van der Waals surface area contributed by atoms with Gasteiger partial charge in [-0.05, 0) is 50.1 Å². The largest absolute Gasteiger partial charge is 0.273 e. The molecule has 0 spiro atoms. The van der Waals surface area contributed by atoms with Crippen molar-refractivity contribution in [2.75, 3.05) is 0 Å². The second kappa shape index (κ2) is 7.45. The summed E-state index contributed by atoms with van der Waals surface area (Å²) in [5.74, 6) is 0. The second-order valence-electron chi connectivity index (χ2n) is 6.35. The minimum absolute atomic E-state index is 0.0710. The Hall–Kier alpha value is -3.41. The van der Waals surface area contributed by atoms with E-state index in [1.165, 1.54) is 4.57 Å².